The summed E-state index contributed by atoms with van der Waals surface area (Å²) in [5.41, 5.74) is 0.323. The number of rotatable bonds is 6. The highest BCUT2D eigenvalue weighted by atomic mass is 19.1. The zero-order valence-electron chi connectivity index (χ0n) is 13.8. The highest BCUT2D eigenvalue weighted by Gasteiger charge is 2.26. The molecule has 1 aromatic carbocycles. The number of nitrogens with zero attached hydrogens (tertiary/aromatic N) is 1. The van der Waals surface area contributed by atoms with Crippen LogP contribution in [0.15, 0.2) is 24.3 Å². The molecule has 1 aliphatic heterocycles. The highest BCUT2D eigenvalue weighted by Crippen LogP contribution is 2.20. The Kier molecular flexibility index (Phi) is 6.28. The van der Waals surface area contributed by atoms with Crippen LogP contribution in [-0.2, 0) is 9.53 Å². The Morgan fingerprint density at radius 1 is 1.35 bits per heavy atom. The summed E-state index contributed by atoms with van der Waals surface area (Å²) < 4.78 is 18.4. The number of Topliss-reactive ketones (excluding diaryl/α,β-unsaturated/α-hetero) is 1. The number of amides is 1. The molecular weight excluding hydrogens is 297 g/mol. The van der Waals surface area contributed by atoms with Gasteiger partial charge in [-0.2, -0.15) is 0 Å². The van der Waals surface area contributed by atoms with Crippen LogP contribution in [0.1, 0.15) is 36.5 Å². The van der Waals surface area contributed by atoms with Crippen molar-refractivity contribution in [1.82, 2.24) is 4.90 Å². The second-order valence-corrected chi connectivity index (χ2v) is 6.26. The van der Waals surface area contributed by atoms with Crippen LogP contribution in [0.3, 0.4) is 0 Å². The number of halogens is 1. The summed E-state index contributed by atoms with van der Waals surface area (Å²) in [5, 5.41) is 0. The lowest BCUT2D eigenvalue weighted by Crippen LogP contribution is -2.40. The molecule has 0 aliphatic carbocycles. The molecule has 23 heavy (non-hydrogen) atoms. The van der Waals surface area contributed by atoms with E-state index in [-0.39, 0.29) is 18.1 Å². The third-order valence-electron chi connectivity index (χ3n) is 4.41. The fourth-order valence-corrected chi connectivity index (χ4v) is 2.99. The van der Waals surface area contributed by atoms with Crippen LogP contribution in [-0.4, -0.2) is 43.4 Å². The molecule has 0 radical (unpaired) electrons. The minimum Gasteiger partial charge on any atom is -0.384 e. The number of carbonyl (C=O) groups excluding carboxylic acids is 2. The van der Waals surface area contributed by atoms with Gasteiger partial charge in [0.2, 0.25) is 5.91 Å². The van der Waals surface area contributed by atoms with E-state index in [1.807, 2.05) is 4.90 Å². The molecule has 0 N–H and O–H groups in total. The Labute approximate surface area is 136 Å². The summed E-state index contributed by atoms with van der Waals surface area (Å²) in [6, 6.07) is 5.62. The Morgan fingerprint density at radius 2 is 2.04 bits per heavy atom. The van der Waals surface area contributed by atoms with Gasteiger partial charge in [-0.05, 0) is 30.9 Å². The molecule has 1 atom stereocenters. The van der Waals surface area contributed by atoms with Crippen molar-refractivity contribution in [2.45, 2.75) is 26.2 Å². The molecule has 0 aromatic heterocycles. The lowest BCUT2D eigenvalue weighted by molar-refractivity contribution is -0.133. The van der Waals surface area contributed by atoms with Crippen LogP contribution in [0.2, 0.25) is 0 Å². The summed E-state index contributed by atoms with van der Waals surface area (Å²) in [5.74, 6) is -0.559. The average Bonchev–Trinajstić information content (AvgIpc) is 2.55. The van der Waals surface area contributed by atoms with Crippen LogP contribution in [0, 0.1) is 17.7 Å². The van der Waals surface area contributed by atoms with E-state index in [1.165, 1.54) is 18.2 Å². The smallest absolute Gasteiger partial charge is 0.223 e. The van der Waals surface area contributed by atoms with Crippen molar-refractivity contribution < 1.29 is 18.7 Å². The van der Waals surface area contributed by atoms with Crippen molar-refractivity contribution in [2.75, 3.05) is 26.8 Å². The van der Waals surface area contributed by atoms with Gasteiger partial charge in [0, 0.05) is 44.7 Å². The van der Waals surface area contributed by atoms with E-state index in [2.05, 4.69) is 0 Å². The first kappa shape index (κ1) is 17.6. The average molecular weight is 321 g/mol. The number of likely N-dealkylation sites (tertiary alicyclic amines) is 1. The van der Waals surface area contributed by atoms with E-state index in [0.29, 0.717) is 24.6 Å². The van der Waals surface area contributed by atoms with Gasteiger partial charge in [0.05, 0.1) is 0 Å². The molecule has 1 saturated heterocycles. The SMILES string of the molecule is COCC1CCN(C(=O)C[C@H](C)C(=O)c2cccc(F)c2)CC1. The van der Waals surface area contributed by atoms with Gasteiger partial charge in [-0.25, -0.2) is 4.39 Å². The predicted molar refractivity (Wildman–Crippen MR) is 85.7 cm³/mol. The fraction of sp³-hybridized carbons (Fsp3) is 0.556. The van der Waals surface area contributed by atoms with Gasteiger partial charge in [-0.1, -0.05) is 19.1 Å². The maximum Gasteiger partial charge on any atom is 0.223 e. The standard InChI is InChI=1S/C18H24FNO3/c1-13(18(22)15-4-3-5-16(19)11-15)10-17(21)20-8-6-14(7-9-20)12-23-2/h3-5,11,13-14H,6-10,12H2,1-2H3/t13-/m0/s1. The van der Waals surface area contributed by atoms with Gasteiger partial charge in [0.15, 0.2) is 5.78 Å². The Hall–Kier alpha value is -1.75. The van der Waals surface area contributed by atoms with Crippen LogP contribution in [0.5, 0.6) is 0 Å². The number of ketones is 1. The molecule has 0 spiro atoms. The Balaban J connectivity index is 1.86. The summed E-state index contributed by atoms with van der Waals surface area (Å²) >= 11 is 0. The number of hydrogen-bond donors (Lipinski definition) is 0. The number of methoxy groups -OCH3 is 1. The normalized spacial score (nSPS) is 17.1. The Morgan fingerprint density at radius 3 is 2.65 bits per heavy atom. The molecule has 1 aromatic rings. The molecule has 4 nitrogen and oxygen atoms in total. The molecule has 1 heterocycles. The van der Waals surface area contributed by atoms with E-state index in [9.17, 15) is 14.0 Å². The lowest BCUT2D eigenvalue weighted by atomic mass is 9.94. The lowest BCUT2D eigenvalue weighted by Gasteiger charge is -2.32. The number of hydrogen-bond acceptors (Lipinski definition) is 3. The van der Waals surface area contributed by atoms with Crippen LogP contribution in [0.25, 0.3) is 0 Å². The zero-order chi connectivity index (χ0) is 16.8. The predicted octanol–water partition coefficient (Wildman–Crippen LogP) is 2.92. The molecule has 0 saturated carbocycles. The first-order valence-corrected chi connectivity index (χ1v) is 8.07. The van der Waals surface area contributed by atoms with E-state index in [4.69, 9.17) is 4.74 Å². The topological polar surface area (TPSA) is 46.6 Å². The third-order valence-corrected chi connectivity index (χ3v) is 4.41. The summed E-state index contributed by atoms with van der Waals surface area (Å²) in [7, 11) is 1.69. The maximum atomic E-state index is 13.2. The van der Waals surface area contributed by atoms with Crippen molar-refractivity contribution in [3.63, 3.8) is 0 Å². The largest absolute Gasteiger partial charge is 0.384 e. The second-order valence-electron chi connectivity index (χ2n) is 6.26. The summed E-state index contributed by atoms with van der Waals surface area (Å²) in [6.45, 7) is 3.89. The summed E-state index contributed by atoms with van der Waals surface area (Å²) in [4.78, 5) is 26.5. The molecular formula is C18H24FNO3. The van der Waals surface area contributed by atoms with Gasteiger partial charge in [0.1, 0.15) is 5.82 Å². The first-order valence-electron chi connectivity index (χ1n) is 8.07. The number of carbonyl (C=O) groups is 2. The van der Waals surface area contributed by atoms with Crippen molar-refractivity contribution >= 4 is 11.7 Å². The quantitative estimate of drug-likeness (QED) is 0.757. The second kappa shape index (κ2) is 8.20. The molecule has 126 valence electrons. The third kappa shape index (κ3) is 4.86. The van der Waals surface area contributed by atoms with Gasteiger partial charge >= 0.3 is 0 Å². The molecule has 1 aliphatic rings. The molecule has 0 unspecified atom stereocenters. The summed E-state index contributed by atoms with van der Waals surface area (Å²) in [6.07, 6.45) is 2.04. The van der Waals surface area contributed by atoms with Gasteiger partial charge in [-0.15, -0.1) is 0 Å². The Bertz CT molecular complexity index is 553. The van der Waals surface area contributed by atoms with Crippen molar-refractivity contribution in [3.05, 3.63) is 35.6 Å². The molecule has 1 fully saturated rings. The highest BCUT2D eigenvalue weighted by molar-refractivity contribution is 5.99. The number of ether oxygens (including phenoxy) is 1. The molecule has 1 amide bonds. The monoisotopic (exact) mass is 321 g/mol. The minimum atomic E-state index is -0.444. The molecule has 0 bridgehead atoms. The fourth-order valence-electron chi connectivity index (χ4n) is 2.99. The number of piperidine rings is 1. The van der Waals surface area contributed by atoms with E-state index in [1.54, 1.807) is 20.1 Å². The van der Waals surface area contributed by atoms with E-state index >= 15 is 0 Å². The molecule has 2 rings (SSSR count). The van der Waals surface area contributed by atoms with E-state index in [0.717, 1.165) is 19.4 Å². The van der Waals surface area contributed by atoms with E-state index < -0.39 is 11.7 Å². The van der Waals surface area contributed by atoms with Crippen LogP contribution in [0.4, 0.5) is 4.39 Å². The van der Waals surface area contributed by atoms with Crippen molar-refractivity contribution in [1.29, 1.82) is 0 Å². The van der Waals surface area contributed by atoms with Crippen molar-refractivity contribution in [2.24, 2.45) is 11.8 Å². The van der Waals surface area contributed by atoms with Gasteiger partial charge in [0.25, 0.3) is 0 Å². The van der Waals surface area contributed by atoms with Crippen molar-refractivity contribution in [3.8, 4) is 0 Å². The van der Waals surface area contributed by atoms with Crippen LogP contribution >= 0.6 is 0 Å². The van der Waals surface area contributed by atoms with Crippen LogP contribution < -0.4 is 0 Å². The van der Waals surface area contributed by atoms with Gasteiger partial charge in [-0.3, -0.25) is 9.59 Å². The minimum absolute atomic E-state index is 0.00174. The van der Waals surface area contributed by atoms with Gasteiger partial charge < -0.3 is 9.64 Å². The first-order chi connectivity index (χ1) is 11.0. The number of benzene rings is 1. The zero-order valence-corrected chi connectivity index (χ0v) is 13.8. The maximum absolute atomic E-state index is 13.2. The molecule has 5 heteroatoms.